The van der Waals surface area contributed by atoms with Crippen LogP contribution in [0.25, 0.3) is 0 Å². The molecule has 1 aromatic rings. The molecule has 0 aliphatic rings. The Hall–Kier alpha value is -2.18. The molecule has 0 amide bonds. The van der Waals surface area contributed by atoms with Crippen molar-refractivity contribution in [2.75, 3.05) is 0 Å². The van der Waals surface area contributed by atoms with Crippen molar-refractivity contribution in [1.82, 2.24) is 0 Å². The Labute approximate surface area is 97.7 Å². The number of hydrogen-bond acceptors (Lipinski definition) is 0. The van der Waals surface area contributed by atoms with Gasteiger partial charge in [-0.05, 0) is 49.3 Å². The lowest BCUT2D eigenvalue weighted by Crippen LogP contribution is -1.77. The summed E-state index contributed by atoms with van der Waals surface area (Å²) in [5.74, 6) is 11.9. The van der Waals surface area contributed by atoms with E-state index >= 15 is 0 Å². The lowest BCUT2D eigenvalue weighted by molar-refractivity contribution is 1.57. The first-order valence-corrected chi connectivity index (χ1v) is 5.03. The third-order valence-corrected chi connectivity index (χ3v) is 1.73. The molecule has 0 aliphatic carbocycles. The van der Waals surface area contributed by atoms with Crippen LogP contribution in [0.1, 0.15) is 25.0 Å². The van der Waals surface area contributed by atoms with Gasteiger partial charge in [-0.25, -0.2) is 0 Å². The second kappa shape index (κ2) is 5.64. The minimum absolute atomic E-state index is 0.867. The van der Waals surface area contributed by atoms with Crippen molar-refractivity contribution in [1.29, 1.82) is 0 Å². The van der Waals surface area contributed by atoms with Gasteiger partial charge in [-0.1, -0.05) is 36.8 Å². The van der Waals surface area contributed by atoms with Gasteiger partial charge in [0, 0.05) is 11.1 Å². The fourth-order valence-corrected chi connectivity index (χ4v) is 0.995. The van der Waals surface area contributed by atoms with Crippen LogP contribution in [-0.4, -0.2) is 0 Å². The van der Waals surface area contributed by atoms with E-state index < -0.39 is 0 Å². The summed E-state index contributed by atoms with van der Waals surface area (Å²) in [6, 6.07) is 7.83. The summed E-state index contributed by atoms with van der Waals surface area (Å²) < 4.78 is 0. The third kappa shape index (κ3) is 4.36. The molecule has 78 valence electrons. The predicted molar refractivity (Wildman–Crippen MR) is 69.8 cm³/mol. The second-order valence-corrected chi connectivity index (χ2v) is 3.64. The summed E-state index contributed by atoms with van der Waals surface area (Å²) >= 11 is 0. The van der Waals surface area contributed by atoms with Crippen LogP contribution in [0.3, 0.4) is 0 Å². The lowest BCUT2D eigenvalue weighted by Gasteiger charge is -1.91. The van der Waals surface area contributed by atoms with Crippen LogP contribution in [0.15, 0.2) is 48.6 Å². The molecule has 0 spiro atoms. The third-order valence-electron chi connectivity index (χ3n) is 1.73. The van der Waals surface area contributed by atoms with Crippen molar-refractivity contribution in [3.8, 4) is 23.7 Å². The zero-order valence-corrected chi connectivity index (χ0v) is 9.72. The van der Waals surface area contributed by atoms with Gasteiger partial charge in [-0.15, -0.1) is 0 Å². The summed E-state index contributed by atoms with van der Waals surface area (Å²) in [6.07, 6.45) is 0. The summed E-state index contributed by atoms with van der Waals surface area (Å²) in [5.41, 5.74) is 3.69. The molecule has 0 heteroatoms. The molecule has 16 heavy (non-hydrogen) atoms. The lowest BCUT2D eigenvalue weighted by atomic mass is 10.1. The Morgan fingerprint density at radius 1 is 0.812 bits per heavy atom. The topological polar surface area (TPSA) is 0 Å². The fourth-order valence-electron chi connectivity index (χ4n) is 0.995. The molecule has 0 aliphatic heterocycles. The number of hydrogen-bond donors (Lipinski definition) is 0. The van der Waals surface area contributed by atoms with E-state index in [9.17, 15) is 0 Å². The summed E-state index contributed by atoms with van der Waals surface area (Å²) in [5, 5.41) is 0. The fraction of sp³-hybridized carbons (Fsp3) is 0.125. The highest BCUT2D eigenvalue weighted by Gasteiger charge is 1.88. The molecular weight excluding hydrogens is 192 g/mol. The van der Waals surface area contributed by atoms with Gasteiger partial charge in [0.1, 0.15) is 0 Å². The van der Waals surface area contributed by atoms with E-state index in [1.165, 1.54) is 0 Å². The molecule has 0 nitrogen and oxygen atoms in total. The first-order chi connectivity index (χ1) is 7.58. The van der Waals surface area contributed by atoms with Gasteiger partial charge in [0.25, 0.3) is 0 Å². The van der Waals surface area contributed by atoms with Gasteiger partial charge in [0.2, 0.25) is 0 Å². The van der Waals surface area contributed by atoms with Crippen molar-refractivity contribution in [3.05, 3.63) is 59.7 Å². The number of rotatable bonds is 0. The van der Waals surface area contributed by atoms with Gasteiger partial charge < -0.3 is 0 Å². The zero-order valence-electron chi connectivity index (χ0n) is 9.72. The molecule has 0 radical (unpaired) electrons. The van der Waals surface area contributed by atoms with Gasteiger partial charge in [-0.2, -0.15) is 0 Å². The molecule has 0 N–H and O–H groups in total. The number of allylic oxidation sites excluding steroid dienone is 2. The minimum Gasteiger partial charge on any atom is -0.0877 e. The summed E-state index contributed by atoms with van der Waals surface area (Å²) in [7, 11) is 0. The Bertz CT molecular complexity index is 468. The maximum atomic E-state index is 3.73. The van der Waals surface area contributed by atoms with Crippen LogP contribution in [-0.2, 0) is 0 Å². The van der Waals surface area contributed by atoms with Crippen molar-refractivity contribution in [3.63, 3.8) is 0 Å². The monoisotopic (exact) mass is 206 g/mol. The Kier molecular flexibility index (Phi) is 4.19. The van der Waals surface area contributed by atoms with Gasteiger partial charge in [0.05, 0.1) is 0 Å². The van der Waals surface area contributed by atoms with Crippen LogP contribution in [0, 0.1) is 23.7 Å². The highest BCUT2D eigenvalue weighted by atomic mass is 13.9. The van der Waals surface area contributed by atoms with Crippen LogP contribution in [0.5, 0.6) is 0 Å². The highest BCUT2D eigenvalue weighted by Crippen LogP contribution is 2.02. The van der Waals surface area contributed by atoms with E-state index in [1.54, 1.807) is 0 Å². The van der Waals surface area contributed by atoms with E-state index in [-0.39, 0.29) is 0 Å². The normalized spacial score (nSPS) is 8.12. The Morgan fingerprint density at radius 2 is 1.12 bits per heavy atom. The van der Waals surface area contributed by atoms with Crippen molar-refractivity contribution in [2.45, 2.75) is 13.8 Å². The summed E-state index contributed by atoms with van der Waals surface area (Å²) in [6.45, 7) is 11.2. The predicted octanol–water partition coefficient (Wildman–Crippen LogP) is 3.54. The van der Waals surface area contributed by atoms with Crippen LogP contribution in [0.4, 0.5) is 0 Å². The van der Waals surface area contributed by atoms with Crippen LogP contribution >= 0.6 is 0 Å². The largest absolute Gasteiger partial charge is 0.0877 e. The average Bonchev–Trinajstić information content (AvgIpc) is 2.25. The molecule has 0 saturated carbocycles. The maximum Gasteiger partial charge on any atom is 0.0249 e. The Balaban J connectivity index is 2.86. The van der Waals surface area contributed by atoms with E-state index in [0.29, 0.717) is 0 Å². The second-order valence-electron chi connectivity index (χ2n) is 3.64. The van der Waals surface area contributed by atoms with E-state index in [2.05, 4.69) is 36.8 Å². The van der Waals surface area contributed by atoms with E-state index in [0.717, 1.165) is 22.3 Å². The molecule has 0 aromatic heterocycles. The van der Waals surface area contributed by atoms with Gasteiger partial charge in [-0.3, -0.25) is 0 Å². The average molecular weight is 206 g/mol. The SMILES string of the molecule is C=C(C)C#Cc1ccc(C#CC(=C)C)cc1. The molecular formula is C16H14. The quantitative estimate of drug-likeness (QED) is 0.569. The maximum absolute atomic E-state index is 3.73. The van der Waals surface area contributed by atoms with Crippen molar-refractivity contribution >= 4 is 0 Å². The van der Waals surface area contributed by atoms with Crippen molar-refractivity contribution < 1.29 is 0 Å². The van der Waals surface area contributed by atoms with Crippen LogP contribution in [0.2, 0.25) is 0 Å². The van der Waals surface area contributed by atoms with E-state index in [4.69, 9.17) is 0 Å². The Morgan fingerprint density at radius 3 is 1.38 bits per heavy atom. The minimum atomic E-state index is 0.867. The van der Waals surface area contributed by atoms with Crippen molar-refractivity contribution in [2.24, 2.45) is 0 Å². The van der Waals surface area contributed by atoms with Gasteiger partial charge >= 0.3 is 0 Å². The molecule has 0 fully saturated rings. The molecule has 1 aromatic carbocycles. The smallest absolute Gasteiger partial charge is 0.0249 e. The molecule has 0 unspecified atom stereocenters. The molecule has 0 bridgehead atoms. The molecule has 1 rings (SSSR count). The molecule has 0 saturated heterocycles. The first kappa shape index (κ1) is 11.9. The van der Waals surface area contributed by atoms with E-state index in [1.807, 2.05) is 38.1 Å². The zero-order chi connectivity index (χ0) is 12.0. The summed E-state index contributed by atoms with van der Waals surface area (Å²) in [4.78, 5) is 0. The van der Waals surface area contributed by atoms with Crippen LogP contribution < -0.4 is 0 Å². The van der Waals surface area contributed by atoms with Gasteiger partial charge in [0.15, 0.2) is 0 Å². The molecule has 0 heterocycles. The molecule has 0 atom stereocenters. The standard InChI is InChI=1S/C16H14/c1-13(2)5-7-15-9-11-16(12-10-15)8-6-14(3)4/h9-12H,1,3H2,2,4H3. The first-order valence-electron chi connectivity index (χ1n) is 5.03. The number of benzene rings is 1. The highest BCUT2D eigenvalue weighted by molar-refractivity contribution is 5.45.